The minimum atomic E-state index is -3.80. The summed E-state index contributed by atoms with van der Waals surface area (Å²) < 4.78 is 27.2. The molecular formula is C22H23Cl2N3O4S. The Balaban J connectivity index is 1.36. The molecule has 1 heterocycles. The Morgan fingerprint density at radius 2 is 1.69 bits per heavy atom. The van der Waals surface area contributed by atoms with Crippen LogP contribution < -0.4 is 10.6 Å². The Bertz CT molecular complexity index is 1140. The Morgan fingerprint density at radius 1 is 0.969 bits per heavy atom. The van der Waals surface area contributed by atoms with Crippen LogP contribution in [0.1, 0.15) is 36.0 Å². The van der Waals surface area contributed by atoms with Crippen molar-refractivity contribution in [3.05, 3.63) is 58.1 Å². The molecule has 0 atom stereocenters. The van der Waals surface area contributed by atoms with Gasteiger partial charge in [-0.15, -0.1) is 0 Å². The van der Waals surface area contributed by atoms with E-state index < -0.39 is 10.0 Å². The molecule has 2 amide bonds. The summed E-state index contributed by atoms with van der Waals surface area (Å²) in [6.45, 7) is 0.403. The molecule has 2 aromatic rings. The van der Waals surface area contributed by atoms with Crippen LogP contribution >= 0.6 is 23.2 Å². The van der Waals surface area contributed by atoms with Gasteiger partial charge < -0.3 is 10.6 Å². The van der Waals surface area contributed by atoms with Crippen molar-refractivity contribution in [1.29, 1.82) is 0 Å². The molecule has 0 radical (unpaired) electrons. The molecule has 170 valence electrons. The molecule has 1 saturated heterocycles. The zero-order valence-electron chi connectivity index (χ0n) is 17.2. The highest BCUT2D eigenvalue weighted by molar-refractivity contribution is 7.89. The van der Waals surface area contributed by atoms with E-state index in [0.29, 0.717) is 24.1 Å². The van der Waals surface area contributed by atoms with E-state index in [1.807, 2.05) is 0 Å². The third-order valence-corrected chi connectivity index (χ3v) is 8.26. The predicted molar refractivity (Wildman–Crippen MR) is 124 cm³/mol. The van der Waals surface area contributed by atoms with Crippen molar-refractivity contribution < 1.29 is 18.0 Å². The van der Waals surface area contributed by atoms with Crippen LogP contribution in [0.4, 0.5) is 5.69 Å². The average Bonchev–Trinajstić information content (AvgIpc) is 3.59. The molecule has 4 rings (SSSR count). The molecule has 2 aliphatic rings. The van der Waals surface area contributed by atoms with E-state index in [4.69, 9.17) is 23.2 Å². The summed E-state index contributed by atoms with van der Waals surface area (Å²) in [5, 5.41) is 6.17. The highest BCUT2D eigenvalue weighted by Crippen LogP contribution is 2.30. The second-order valence-corrected chi connectivity index (χ2v) is 10.8. The van der Waals surface area contributed by atoms with Gasteiger partial charge in [-0.3, -0.25) is 9.59 Å². The SMILES string of the molecule is O=C(NC1CC1)c1cccc(NC(=O)C2CCN(S(=O)(=O)c3cc(Cl)ccc3Cl)CC2)c1. The van der Waals surface area contributed by atoms with Gasteiger partial charge in [-0.05, 0) is 62.1 Å². The molecule has 1 saturated carbocycles. The maximum atomic E-state index is 13.0. The zero-order chi connectivity index (χ0) is 22.9. The van der Waals surface area contributed by atoms with Crippen molar-refractivity contribution in [2.24, 2.45) is 5.92 Å². The summed E-state index contributed by atoms with van der Waals surface area (Å²) in [5.74, 6) is -0.676. The lowest BCUT2D eigenvalue weighted by atomic mass is 9.97. The molecule has 0 bridgehead atoms. The molecule has 0 spiro atoms. The van der Waals surface area contributed by atoms with E-state index in [-0.39, 0.29) is 51.8 Å². The van der Waals surface area contributed by atoms with Gasteiger partial charge in [-0.2, -0.15) is 4.31 Å². The third-order valence-electron chi connectivity index (χ3n) is 5.64. The minimum absolute atomic E-state index is 0.0316. The highest BCUT2D eigenvalue weighted by Gasteiger charge is 2.33. The molecule has 32 heavy (non-hydrogen) atoms. The standard InChI is InChI=1S/C22H23Cl2N3O4S/c23-16-4-7-19(24)20(13-16)32(30,31)27-10-8-14(9-11-27)21(28)26-18-3-1-2-15(12-18)22(29)25-17-5-6-17/h1-4,7,12-14,17H,5-6,8-11H2,(H,25,29)(H,26,28). The van der Waals surface area contributed by atoms with Crippen LogP contribution in [-0.2, 0) is 14.8 Å². The van der Waals surface area contributed by atoms with Crippen molar-refractivity contribution in [2.75, 3.05) is 18.4 Å². The lowest BCUT2D eigenvalue weighted by molar-refractivity contribution is -0.120. The first-order chi connectivity index (χ1) is 15.2. The average molecular weight is 496 g/mol. The number of carbonyl (C=O) groups is 2. The molecule has 1 aliphatic heterocycles. The molecule has 2 aromatic carbocycles. The Labute approximate surface area is 197 Å². The van der Waals surface area contributed by atoms with Gasteiger partial charge >= 0.3 is 0 Å². The lowest BCUT2D eigenvalue weighted by Crippen LogP contribution is -2.41. The number of halogens is 2. The monoisotopic (exact) mass is 495 g/mol. The fourth-order valence-corrected chi connectivity index (χ4v) is 5.86. The van der Waals surface area contributed by atoms with Crippen molar-refractivity contribution in [1.82, 2.24) is 9.62 Å². The zero-order valence-corrected chi connectivity index (χ0v) is 19.5. The quantitative estimate of drug-likeness (QED) is 0.634. The van der Waals surface area contributed by atoms with Gasteiger partial charge in [0.1, 0.15) is 4.90 Å². The highest BCUT2D eigenvalue weighted by atomic mass is 35.5. The van der Waals surface area contributed by atoms with Gasteiger partial charge in [0.05, 0.1) is 5.02 Å². The van der Waals surface area contributed by atoms with Crippen LogP contribution in [-0.4, -0.2) is 43.7 Å². The maximum absolute atomic E-state index is 13.0. The van der Waals surface area contributed by atoms with Gasteiger partial charge in [-0.1, -0.05) is 29.3 Å². The van der Waals surface area contributed by atoms with E-state index in [2.05, 4.69) is 10.6 Å². The summed E-state index contributed by atoms with van der Waals surface area (Å²) in [5.41, 5.74) is 1.04. The molecule has 2 N–H and O–H groups in total. The topological polar surface area (TPSA) is 95.6 Å². The van der Waals surface area contributed by atoms with Crippen molar-refractivity contribution in [3.8, 4) is 0 Å². The van der Waals surface area contributed by atoms with Crippen LogP contribution in [0.2, 0.25) is 10.0 Å². The Morgan fingerprint density at radius 3 is 2.38 bits per heavy atom. The van der Waals surface area contributed by atoms with Crippen LogP contribution in [0.5, 0.6) is 0 Å². The molecule has 2 fully saturated rings. The molecule has 1 aliphatic carbocycles. The van der Waals surface area contributed by atoms with E-state index in [9.17, 15) is 18.0 Å². The number of nitrogens with zero attached hydrogens (tertiary/aromatic N) is 1. The minimum Gasteiger partial charge on any atom is -0.349 e. The lowest BCUT2D eigenvalue weighted by Gasteiger charge is -2.30. The van der Waals surface area contributed by atoms with Crippen molar-refractivity contribution >= 4 is 50.7 Å². The molecular weight excluding hydrogens is 473 g/mol. The van der Waals surface area contributed by atoms with Crippen LogP contribution in [0.25, 0.3) is 0 Å². The summed E-state index contributed by atoms with van der Waals surface area (Å²) in [4.78, 5) is 24.9. The van der Waals surface area contributed by atoms with Gasteiger partial charge in [-0.25, -0.2) is 8.42 Å². The predicted octanol–water partition coefficient (Wildman–Crippen LogP) is 3.93. The fraction of sp³-hybridized carbons (Fsp3) is 0.364. The molecule has 7 nitrogen and oxygen atoms in total. The summed E-state index contributed by atoms with van der Waals surface area (Å²) in [6.07, 6.45) is 2.76. The number of rotatable bonds is 6. The number of amides is 2. The Kier molecular flexibility index (Phi) is 6.76. The van der Waals surface area contributed by atoms with E-state index in [0.717, 1.165) is 12.8 Å². The normalized spacial score (nSPS) is 17.7. The van der Waals surface area contributed by atoms with E-state index >= 15 is 0 Å². The molecule has 0 aromatic heterocycles. The first kappa shape index (κ1) is 23.0. The largest absolute Gasteiger partial charge is 0.349 e. The van der Waals surface area contributed by atoms with Crippen LogP contribution in [0.15, 0.2) is 47.4 Å². The first-order valence-corrected chi connectivity index (χ1v) is 12.6. The Hall–Kier alpha value is -2.13. The molecule has 0 unspecified atom stereocenters. The van der Waals surface area contributed by atoms with Crippen molar-refractivity contribution in [3.63, 3.8) is 0 Å². The summed E-state index contributed by atoms with van der Waals surface area (Å²) in [7, 11) is -3.80. The van der Waals surface area contributed by atoms with Gasteiger partial charge in [0.25, 0.3) is 5.91 Å². The maximum Gasteiger partial charge on any atom is 0.251 e. The van der Waals surface area contributed by atoms with E-state index in [1.54, 1.807) is 24.3 Å². The second-order valence-electron chi connectivity index (χ2n) is 8.07. The van der Waals surface area contributed by atoms with Crippen LogP contribution in [0, 0.1) is 5.92 Å². The smallest absolute Gasteiger partial charge is 0.251 e. The summed E-state index contributed by atoms with van der Waals surface area (Å²) >= 11 is 12.0. The summed E-state index contributed by atoms with van der Waals surface area (Å²) in [6, 6.07) is 11.4. The number of anilines is 1. The van der Waals surface area contributed by atoms with E-state index in [1.165, 1.54) is 22.5 Å². The second kappa shape index (κ2) is 9.39. The van der Waals surface area contributed by atoms with Gasteiger partial charge in [0.15, 0.2) is 0 Å². The number of sulfonamides is 1. The van der Waals surface area contributed by atoms with Crippen LogP contribution in [0.3, 0.4) is 0 Å². The third kappa shape index (κ3) is 5.26. The molecule has 10 heteroatoms. The number of piperidine rings is 1. The first-order valence-electron chi connectivity index (χ1n) is 10.4. The number of hydrogen-bond acceptors (Lipinski definition) is 4. The fourth-order valence-electron chi connectivity index (χ4n) is 3.65. The van der Waals surface area contributed by atoms with Gasteiger partial charge in [0, 0.05) is 41.3 Å². The number of benzene rings is 2. The van der Waals surface area contributed by atoms with Crippen molar-refractivity contribution in [2.45, 2.75) is 36.6 Å². The number of hydrogen-bond donors (Lipinski definition) is 2. The van der Waals surface area contributed by atoms with Gasteiger partial charge in [0.2, 0.25) is 15.9 Å². The number of carbonyl (C=O) groups excluding carboxylic acids is 2. The number of nitrogens with one attached hydrogen (secondary N) is 2.